The minimum atomic E-state index is -0.530. The lowest BCUT2D eigenvalue weighted by Gasteiger charge is -2.24. The van der Waals surface area contributed by atoms with Gasteiger partial charge in [-0.05, 0) is 44.5 Å². The second kappa shape index (κ2) is 7.93. The van der Waals surface area contributed by atoms with E-state index in [2.05, 4.69) is 14.9 Å². The maximum atomic E-state index is 12.9. The third-order valence-corrected chi connectivity index (χ3v) is 5.95. The zero-order chi connectivity index (χ0) is 19.7. The summed E-state index contributed by atoms with van der Waals surface area (Å²) in [6.45, 7) is 4.00. The van der Waals surface area contributed by atoms with E-state index in [4.69, 9.17) is 16.3 Å². The van der Waals surface area contributed by atoms with Crippen LogP contribution in [0.25, 0.3) is 5.69 Å². The summed E-state index contributed by atoms with van der Waals surface area (Å²) in [5.41, 5.74) is 0.822. The monoisotopic (exact) mass is 402 g/mol. The summed E-state index contributed by atoms with van der Waals surface area (Å²) in [7, 11) is 1.30. The van der Waals surface area contributed by atoms with E-state index in [0.717, 1.165) is 37.3 Å². The van der Waals surface area contributed by atoms with Gasteiger partial charge in [0.2, 0.25) is 0 Å². The molecule has 0 N–H and O–H groups in total. The smallest absolute Gasteiger partial charge is 0.340 e. The number of hydrogen-bond acceptors (Lipinski definition) is 6. The van der Waals surface area contributed by atoms with Crippen LogP contribution in [0.5, 0.6) is 0 Å². The lowest BCUT2D eigenvalue weighted by atomic mass is 10.2. The van der Waals surface area contributed by atoms with Crippen molar-refractivity contribution in [3.8, 4) is 5.69 Å². The van der Waals surface area contributed by atoms with Crippen LogP contribution in [0, 0.1) is 0 Å². The molecular weight excluding hydrogens is 380 g/mol. The number of halogens is 1. The number of likely N-dealkylation sites (tertiary alicyclic amines) is 1. The Morgan fingerprint density at radius 1 is 1.18 bits per heavy atom. The van der Waals surface area contributed by atoms with Gasteiger partial charge in [0, 0.05) is 19.1 Å². The highest BCUT2D eigenvalue weighted by molar-refractivity contribution is 6.33. The molecule has 1 unspecified atom stereocenters. The van der Waals surface area contributed by atoms with Gasteiger partial charge < -0.3 is 9.64 Å². The Labute approximate surface area is 168 Å². The van der Waals surface area contributed by atoms with Crippen molar-refractivity contribution >= 4 is 23.3 Å². The van der Waals surface area contributed by atoms with Crippen molar-refractivity contribution in [3.05, 3.63) is 51.4 Å². The highest BCUT2D eigenvalue weighted by Gasteiger charge is 2.31. The van der Waals surface area contributed by atoms with Crippen molar-refractivity contribution in [2.75, 3.05) is 38.2 Å². The summed E-state index contributed by atoms with van der Waals surface area (Å²) >= 11 is 6.46. The number of benzene rings is 1. The first-order valence-electron chi connectivity index (χ1n) is 9.54. The molecule has 3 heterocycles. The molecule has 8 heteroatoms. The average Bonchev–Trinajstić information content (AvgIpc) is 3.41. The van der Waals surface area contributed by atoms with Crippen LogP contribution in [0.4, 0.5) is 5.69 Å². The molecule has 28 heavy (non-hydrogen) atoms. The molecule has 4 rings (SSSR count). The zero-order valence-corrected chi connectivity index (χ0v) is 16.6. The zero-order valence-electron chi connectivity index (χ0n) is 15.8. The summed E-state index contributed by atoms with van der Waals surface area (Å²) in [4.78, 5) is 29.6. The number of esters is 1. The summed E-state index contributed by atoms with van der Waals surface area (Å²) in [6.07, 6.45) is 5.19. The number of anilines is 1. The SMILES string of the molecule is COC(=O)c1ccccc1-n1ncc(N2CCC(N3CCCC3)C2)c(Cl)c1=O. The van der Waals surface area contributed by atoms with E-state index in [0.29, 0.717) is 17.4 Å². The van der Waals surface area contributed by atoms with E-state index in [1.165, 1.54) is 20.0 Å². The van der Waals surface area contributed by atoms with Gasteiger partial charge in [0.05, 0.1) is 30.2 Å². The molecule has 0 aliphatic carbocycles. The first-order valence-corrected chi connectivity index (χ1v) is 9.92. The van der Waals surface area contributed by atoms with Gasteiger partial charge in [-0.25, -0.2) is 4.79 Å². The Morgan fingerprint density at radius 3 is 2.68 bits per heavy atom. The highest BCUT2D eigenvalue weighted by Crippen LogP contribution is 2.28. The number of methoxy groups -OCH3 is 1. The third kappa shape index (κ3) is 3.40. The molecule has 2 aromatic rings. The average molecular weight is 403 g/mol. The molecule has 1 aromatic heterocycles. The highest BCUT2D eigenvalue weighted by atomic mass is 35.5. The van der Waals surface area contributed by atoms with Crippen LogP contribution in [0.1, 0.15) is 29.6 Å². The molecule has 0 bridgehead atoms. The minimum Gasteiger partial charge on any atom is -0.465 e. The number of aromatic nitrogens is 2. The van der Waals surface area contributed by atoms with Crippen molar-refractivity contribution in [2.24, 2.45) is 0 Å². The van der Waals surface area contributed by atoms with Crippen molar-refractivity contribution in [1.29, 1.82) is 0 Å². The second-order valence-electron chi connectivity index (χ2n) is 7.20. The minimum absolute atomic E-state index is 0.122. The molecular formula is C20H23ClN4O3. The van der Waals surface area contributed by atoms with Gasteiger partial charge in [-0.1, -0.05) is 23.7 Å². The predicted molar refractivity (Wildman–Crippen MR) is 108 cm³/mol. The first kappa shape index (κ1) is 19.0. The second-order valence-corrected chi connectivity index (χ2v) is 7.58. The van der Waals surface area contributed by atoms with E-state index < -0.39 is 11.5 Å². The van der Waals surface area contributed by atoms with Crippen molar-refractivity contribution < 1.29 is 9.53 Å². The van der Waals surface area contributed by atoms with Gasteiger partial charge in [-0.2, -0.15) is 9.78 Å². The largest absolute Gasteiger partial charge is 0.465 e. The Balaban J connectivity index is 1.64. The van der Waals surface area contributed by atoms with Crippen LogP contribution < -0.4 is 10.5 Å². The topological polar surface area (TPSA) is 67.7 Å². The van der Waals surface area contributed by atoms with Crippen LogP contribution in [-0.2, 0) is 4.74 Å². The molecule has 0 amide bonds. The molecule has 1 aromatic carbocycles. The van der Waals surface area contributed by atoms with Crippen LogP contribution in [-0.4, -0.2) is 60.0 Å². The summed E-state index contributed by atoms with van der Waals surface area (Å²) in [5, 5.41) is 4.43. The number of para-hydroxylation sites is 1. The fourth-order valence-corrected chi connectivity index (χ4v) is 4.37. The van der Waals surface area contributed by atoms with E-state index in [9.17, 15) is 9.59 Å². The van der Waals surface area contributed by atoms with Crippen LogP contribution in [0.3, 0.4) is 0 Å². The molecule has 0 radical (unpaired) electrons. The molecule has 1 atom stereocenters. The number of carbonyl (C=O) groups excluding carboxylic acids is 1. The van der Waals surface area contributed by atoms with Crippen molar-refractivity contribution in [2.45, 2.75) is 25.3 Å². The van der Waals surface area contributed by atoms with Gasteiger partial charge >= 0.3 is 5.97 Å². The van der Waals surface area contributed by atoms with Crippen LogP contribution >= 0.6 is 11.6 Å². The number of hydrogen-bond donors (Lipinski definition) is 0. The maximum absolute atomic E-state index is 12.9. The molecule has 7 nitrogen and oxygen atoms in total. The standard InChI is InChI=1S/C20H23ClN4O3/c1-28-20(27)15-6-2-3-7-16(15)25-19(26)18(21)17(12-22-25)24-11-8-14(13-24)23-9-4-5-10-23/h2-3,6-7,12,14H,4-5,8-11,13H2,1H3. The Hall–Kier alpha value is -2.38. The fraction of sp³-hybridized carbons (Fsp3) is 0.450. The van der Waals surface area contributed by atoms with E-state index in [1.54, 1.807) is 30.5 Å². The van der Waals surface area contributed by atoms with Gasteiger partial charge in [0.15, 0.2) is 0 Å². The number of carbonyl (C=O) groups is 1. The molecule has 148 valence electrons. The first-order chi connectivity index (χ1) is 13.6. The fourth-order valence-electron chi connectivity index (χ4n) is 4.12. The molecule has 2 aliphatic rings. The maximum Gasteiger partial charge on any atom is 0.340 e. The lowest BCUT2D eigenvalue weighted by Crippen LogP contribution is -2.36. The quantitative estimate of drug-likeness (QED) is 0.731. The van der Waals surface area contributed by atoms with Crippen molar-refractivity contribution in [1.82, 2.24) is 14.7 Å². The summed E-state index contributed by atoms with van der Waals surface area (Å²) < 4.78 is 5.96. The Kier molecular flexibility index (Phi) is 5.37. The molecule has 2 aliphatic heterocycles. The normalized spacial score (nSPS) is 19.9. The Bertz CT molecular complexity index is 939. The van der Waals surface area contributed by atoms with E-state index in [-0.39, 0.29) is 10.6 Å². The number of rotatable bonds is 4. The number of ether oxygens (including phenoxy) is 1. The molecule has 2 fully saturated rings. The van der Waals surface area contributed by atoms with Crippen molar-refractivity contribution in [3.63, 3.8) is 0 Å². The van der Waals surface area contributed by atoms with Crippen LogP contribution in [0.2, 0.25) is 5.02 Å². The lowest BCUT2D eigenvalue weighted by molar-refractivity contribution is 0.0600. The third-order valence-electron chi connectivity index (χ3n) is 5.60. The molecule has 2 saturated heterocycles. The number of nitrogens with zero attached hydrogens (tertiary/aromatic N) is 4. The molecule has 0 spiro atoms. The van der Waals surface area contributed by atoms with Gasteiger partial charge in [0.25, 0.3) is 5.56 Å². The van der Waals surface area contributed by atoms with Gasteiger partial charge in [-0.15, -0.1) is 0 Å². The van der Waals surface area contributed by atoms with E-state index in [1.807, 2.05) is 0 Å². The van der Waals surface area contributed by atoms with E-state index >= 15 is 0 Å². The van der Waals surface area contributed by atoms with Gasteiger partial charge in [0.1, 0.15) is 5.02 Å². The van der Waals surface area contributed by atoms with Crippen LogP contribution in [0.15, 0.2) is 35.3 Å². The predicted octanol–water partition coefficient (Wildman–Crippen LogP) is 2.35. The summed E-state index contributed by atoms with van der Waals surface area (Å²) in [6, 6.07) is 7.19. The van der Waals surface area contributed by atoms with Gasteiger partial charge in [-0.3, -0.25) is 9.69 Å². The molecule has 0 saturated carbocycles. The Morgan fingerprint density at radius 2 is 1.93 bits per heavy atom. The summed E-state index contributed by atoms with van der Waals surface area (Å²) in [5.74, 6) is -0.530.